The zero-order chi connectivity index (χ0) is 17.4. The number of nitrogens with zero attached hydrogens (tertiary/aromatic N) is 4. The molecule has 1 saturated heterocycles. The van der Waals surface area contributed by atoms with Gasteiger partial charge in [-0.05, 0) is 37.3 Å². The highest BCUT2D eigenvalue weighted by Crippen LogP contribution is 2.22. The van der Waals surface area contributed by atoms with E-state index in [4.69, 9.17) is 11.6 Å². The zero-order valence-electron chi connectivity index (χ0n) is 14.0. The molecule has 0 saturated carbocycles. The number of carbonyl (C=O) groups is 1. The number of fused-ring (bicyclic) bond motifs is 1. The molecule has 1 fully saturated rings. The van der Waals surface area contributed by atoms with Crippen molar-refractivity contribution < 1.29 is 4.79 Å². The third-order valence-corrected chi connectivity index (χ3v) is 4.90. The van der Waals surface area contributed by atoms with Crippen molar-refractivity contribution in [3.63, 3.8) is 0 Å². The zero-order valence-corrected chi connectivity index (χ0v) is 14.8. The monoisotopic (exact) mass is 354 g/mol. The number of carbonyl (C=O) groups excluding carboxylic acids is 1. The normalized spacial score (nSPS) is 15.0. The number of benzene rings is 1. The highest BCUT2D eigenvalue weighted by Gasteiger charge is 2.25. The fourth-order valence-corrected chi connectivity index (χ4v) is 3.52. The van der Waals surface area contributed by atoms with E-state index in [9.17, 15) is 4.79 Å². The lowest BCUT2D eigenvalue weighted by Crippen LogP contribution is -2.49. The second-order valence-corrected chi connectivity index (χ2v) is 6.66. The number of aryl methyl sites for hydroxylation is 1. The molecule has 5 nitrogen and oxygen atoms in total. The number of hydrogen-bond acceptors (Lipinski definition) is 3. The molecule has 0 N–H and O–H groups in total. The van der Waals surface area contributed by atoms with Crippen molar-refractivity contribution in [3.05, 3.63) is 65.2 Å². The van der Waals surface area contributed by atoms with Crippen LogP contribution in [0.2, 0.25) is 5.02 Å². The second kappa shape index (κ2) is 6.41. The van der Waals surface area contributed by atoms with Gasteiger partial charge in [0.05, 0.1) is 5.52 Å². The molecule has 0 spiro atoms. The van der Waals surface area contributed by atoms with Gasteiger partial charge in [-0.25, -0.2) is 4.98 Å². The van der Waals surface area contributed by atoms with E-state index in [0.29, 0.717) is 18.8 Å². The van der Waals surface area contributed by atoms with Crippen molar-refractivity contribution in [1.29, 1.82) is 0 Å². The van der Waals surface area contributed by atoms with Gasteiger partial charge in [0.15, 0.2) is 5.69 Å². The molecule has 1 amide bonds. The molecule has 0 radical (unpaired) electrons. The van der Waals surface area contributed by atoms with Crippen molar-refractivity contribution in [3.8, 4) is 0 Å². The Labute approximate surface area is 151 Å². The molecule has 128 valence electrons. The van der Waals surface area contributed by atoms with Gasteiger partial charge >= 0.3 is 0 Å². The number of hydrogen-bond donors (Lipinski definition) is 0. The van der Waals surface area contributed by atoms with Crippen LogP contribution < -0.4 is 4.90 Å². The average Bonchev–Trinajstić information content (AvgIpc) is 2.98. The summed E-state index contributed by atoms with van der Waals surface area (Å²) in [6.07, 6.45) is 1.94. The summed E-state index contributed by atoms with van der Waals surface area (Å²) in [5, 5.41) is 0.732. The predicted octanol–water partition coefficient (Wildman–Crippen LogP) is 3.26. The van der Waals surface area contributed by atoms with E-state index < -0.39 is 0 Å². The summed E-state index contributed by atoms with van der Waals surface area (Å²) in [5.41, 5.74) is 2.50. The molecular formula is C19H19ClN4O. The van der Waals surface area contributed by atoms with Crippen LogP contribution in [0.5, 0.6) is 0 Å². The van der Waals surface area contributed by atoms with Gasteiger partial charge in [-0.15, -0.1) is 0 Å². The maximum Gasteiger partial charge on any atom is 0.274 e. The molecular weight excluding hydrogens is 336 g/mol. The molecule has 0 bridgehead atoms. The van der Waals surface area contributed by atoms with Crippen LogP contribution in [0.1, 0.15) is 16.3 Å². The SMILES string of the molecule is Cc1nc(C(=O)N2CCN(c3cccc(Cl)c3)CC2)c2ccccn12. The van der Waals surface area contributed by atoms with Crippen LogP contribution in [-0.4, -0.2) is 46.4 Å². The first-order chi connectivity index (χ1) is 12.1. The Bertz CT molecular complexity index is 928. The first kappa shape index (κ1) is 16.0. The quantitative estimate of drug-likeness (QED) is 0.709. The van der Waals surface area contributed by atoms with Gasteiger partial charge in [-0.2, -0.15) is 0 Å². The highest BCUT2D eigenvalue weighted by molar-refractivity contribution is 6.30. The molecule has 1 aliphatic heterocycles. The number of piperazine rings is 1. The second-order valence-electron chi connectivity index (χ2n) is 6.22. The molecule has 1 aliphatic rings. The maximum absolute atomic E-state index is 12.9. The van der Waals surface area contributed by atoms with Crippen molar-refractivity contribution in [2.75, 3.05) is 31.1 Å². The van der Waals surface area contributed by atoms with E-state index in [1.54, 1.807) is 0 Å². The lowest BCUT2D eigenvalue weighted by atomic mass is 10.2. The van der Waals surface area contributed by atoms with Gasteiger partial charge in [0.1, 0.15) is 5.82 Å². The number of pyridine rings is 1. The Hall–Kier alpha value is -2.53. The fraction of sp³-hybridized carbons (Fsp3) is 0.263. The summed E-state index contributed by atoms with van der Waals surface area (Å²) < 4.78 is 1.95. The number of halogens is 1. The van der Waals surface area contributed by atoms with Crippen LogP contribution in [0.3, 0.4) is 0 Å². The van der Waals surface area contributed by atoms with Gasteiger partial charge in [0, 0.05) is 43.1 Å². The van der Waals surface area contributed by atoms with Gasteiger partial charge < -0.3 is 14.2 Å². The highest BCUT2D eigenvalue weighted by atomic mass is 35.5. The molecule has 1 aromatic carbocycles. The van der Waals surface area contributed by atoms with Crippen molar-refractivity contribution in [2.24, 2.45) is 0 Å². The number of imidazole rings is 1. The van der Waals surface area contributed by atoms with E-state index in [1.165, 1.54) is 0 Å². The fourth-order valence-electron chi connectivity index (χ4n) is 3.34. The molecule has 6 heteroatoms. The van der Waals surface area contributed by atoms with Gasteiger partial charge in [-0.1, -0.05) is 23.7 Å². The standard InChI is InChI=1S/C19H19ClN4O/c1-14-21-18(17-7-2-3-8-24(14)17)19(25)23-11-9-22(10-12-23)16-6-4-5-15(20)13-16/h2-8,13H,9-12H2,1H3. The summed E-state index contributed by atoms with van der Waals surface area (Å²) in [5.74, 6) is 0.832. The molecule has 2 aromatic heterocycles. The lowest BCUT2D eigenvalue weighted by Gasteiger charge is -2.36. The Kier molecular flexibility index (Phi) is 4.09. The number of rotatable bonds is 2. The van der Waals surface area contributed by atoms with Gasteiger partial charge in [-0.3, -0.25) is 4.79 Å². The minimum Gasteiger partial charge on any atom is -0.368 e. The van der Waals surface area contributed by atoms with Gasteiger partial charge in [0.25, 0.3) is 5.91 Å². The molecule has 3 heterocycles. The predicted molar refractivity (Wildman–Crippen MR) is 99.5 cm³/mol. The van der Waals surface area contributed by atoms with Crippen molar-refractivity contribution >= 4 is 28.7 Å². The van der Waals surface area contributed by atoms with Crippen molar-refractivity contribution in [1.82, 2.24) is 14.3 Å². The Morgan fingerprint density at radius 1 is 1.08 bits per heavy atom. The average molecular weight is 355 g/mol. The van der Waals surface area contributed by atoms with Crippen LogP contribution >= 0.6 is 11.6 Å². The number of anilines is 1. The first-order valence-corrected chi connectivity index (χ1v) is 8.75. The van der Waals surface area contributed by atoms with E-state index in [2.05, 4.69) is 16.0 Å². The molecule has 0 aliphatic carbocycles. The van der Waals surface area contributed by atoms with Crippen LogP contribution in [0.25, 0.3) is 5.52 Å². The van der Waals surface area contributed by atoms with E-state index in [-0.39, 0.29) is 5.91 Å². The number of amides is 1. The third kappa shape index (κ3) is 2.96. The Balaban J connectivity index is 1.51. The van der Waals surface area contributed by atoms with E-state index in [0.717, 1.165) is 35.1 Å². The molecule has 3 aromatic rings. The van der Waals surface area contributed by atoms with E-state index in [1.807, 2.05) is 58.8 Å². The molecule has 4 rings (SSSR count). The van der Waals surface area contributed by atoms with E-state index >= 15 is 0 Å². The summed E-state index contributed by atoms with van der Waals surface area (Å²) in [6.45, 7) is 4.85. The van der Waals surface area contributed by atoms with Crippen LogP contribution in [0.15, 0.2) is 48.7 Å². The van der Waals surface area contributed by atoms with Crippen LogP contribution in [0, 0.1) is 6.92 Å². The summed E-state index contributed by atoms with van der Waals surface area (Å²) in [4.78, 5) is 21.6. The number of aromatic nitrogens is 2. The lowest BCUT2D eigenvalue weighted by molar-refractivity contribution is 0.0743. The molecule has 0 atom stereocenters. The maximum atomic E-state index is 12.9. The largest absolute Gasteiger partial charge is 0.368 e. The first-order valence-electron chi connectivity index (χ1n) is 8.37. The Morgan fingerprint density at radius 2 is 1.88 bits per heavy atom. The topological polar surface area (TPSA) is 40.9 Å². The third-order valence-electron chi connectivity index (χ3n) is 4.67. The van der Waals surface area contributed by atoms with Crippen LogP contribution in [-0.2, 0) is 0 Å². The summed E-state index contributed by atoms with van der Waals surface area (Å²) in [7, 11) is 0. The molecule has 0 unspecified atom stereocenters. The minimum atomic E-state index is 0.00236. The summed E-state index contributed by atoms with van der Waals surface area (Å²) >= 11 is 6.08. The smallest absolute Gasteiger partial charge is 0.274 e. The summed E-state index contributed by atoms with van der Waals surface area (Å²) in [6, 6.07) is 13.7. The minimum absolute atomic E-state index is 0.00236. The van der Waals surface area contributed by atoms with Gasteiger partial charge in [0.2, 0.25) is 0 Å². The van der Waals surface area contributed by atoms with Crippen LogP contribution in [0.4, 0.5) is 5.69 Å². The Morgan fingerprint density at radius 3 is 2.64 bits per heavy atom. The molecule has 25 heavy (non-hydrogen) atoms. The van der Waals surface area contributed by atoms with Crippen molar-refractivity contribution in [2.45, 2.75) is 6.92 Å².